The van der Waals surface area contributed by atoms with Crippen LogP contribution < -0.4 is 10.1 Å². The Morgan fingerprint density at radius 2 is 2.11 bits per heavy atom. The fourth-order valence-corrected chi connectivity index (χ4v) is 1.71. The molecule has 2 rings (SSSR count). The van der Waals surface area contributed by atoms with E-state index in [0.717, 1.165) is 17.1 Å². The first kappa shape index (κ1) is 13.3. The number of hydrogen-bond donors (Lipinski definition) is 1. The second-order valence-corrected chi connectivity index (χ2v) is 4.51. The zero-order valence-electron chi connectivity index (χ0n) is 11.4. The van der Waals surface area contributed by atoms with Crippen LogP contribution in [0.25, 0.3) is 0 Å². The summed E-state index contributed by atoms with van der Waals surface area (Å²) in [5, 5.41) is 3.26. The van der Waals surface area contributed by atoms with Crippen molar-refractivity contribution in [2.75, 3.05) is 12.4 Å². The van der Waals surface area contributed by atoms with Gasteiger partial charge >= 0.3 is 0 Å². The van der Waals surface area contributed by atoms with Crippen LogP contribution in [0, 0.1) is 0 Å². The average molecular weight is 258 g/mol. The summed E-state index contributed by atoms with van der Waals surface area (Å²) < 4.78 is 5.21. The molecule has 2 aromatic heterocycles. The van der Waals surface area contributed by atoms with Crippen molar-refractivity contribution in [2.45, 2.75) is 26.3 Å². The van der Waals surface area contributed by atoms with Crippen molar-refractivity contribution in [1.29, 1.82) is 0 Å². The molecule has 0 bridgehead atoms. The average Bonchev–Trinajstić information content (AvgIpc) is 2.45. The maximum atomic E-state index is 5.21. The van der Waals surface area contributed by atoms with E-state index in [0.29, 0.717) is 18.3 Å². The minimum Gasteiger partial charge on any atom is -0.481 e. The highest BCUT2D eigenvalue weighted by Crippen LogP contribution is 2.17. The summed E-state index contributed by atoms with van der Waals surface area (Å²) >= 11 is 0. The molecule has 0 aliphatic rings. The van der Waals surface area contributed by atoms with Gasteiger partial charge in [0.2, 0.25) is 5.88 Å². The number of nitrogens with zero attached hydrogens (tertiary/aromatic N) is 3. The summed E-state index contributed by atoms with van der Waals surface area (Å²) in [6.45, 7) is 4.83. The number of hydrogen-bond acceptors (Lipinski definition) is 5. The molecule has 1 N–H and O–H groups in total. The van der Waals surface area contributed by atoms with Crippen molar-refractivity contribution in [2.24, 2.45) is 0 Å². The van der Waals surface area contributed by atoms with Crippen molar-refractivity contribution in [1.82, 2.24) is 15.0 Å². The second kappa shape index (κ2) is 6.13. The fraction of sp³-hybridized carbons (Fsp3) is 0.357. The molecule has 0 amide bonds. The van der Waals surface area contributed by atoms with E-state index in [1.807, 2.05) is 18.2 Å². The second-order valence-electron chi connectivity index (χ2n) is 4.51. The lowest BCUT2D eigenvalue weighted by Gasteiger charge is -2.10. The molecule has 0 saturated carbocycles. The van der Waals surface area contributed by atoms with Crippen LogP contribution in [0.5, 0.6) is 5.88 Å². The topological polar surface area (TPSA) is 59.9 Å². The van der Waals surface area contributed by atoms with E-state index in [1.165, 1.54) is 0 Å². The van der Waals surface area contributed by atoms with Crippen molar-refractivity contribution in [3.63, 3.8) is 0 Å². The summed E-state index contributed by atoms with van der Waals surface area (Å²) in [4.78, 5) is 12.6. The Kier molecular flexibility index (Phi) is 4.28. The Labute approximate surface area is 113 Å². The molecule has 2 aromatic rings. The molecule has 0 fully saturated rings. The fourth-order valence-electron chi connectivity index (χ4n) is 1.71. The van der Waals surface area contributed by atoms with Gasteiger partial charge in [0.25, 0.3) is 0 Å². The summed E-state index contributed by atoms with van der Waals surface area (Å²) in [7, 11) is 1.62. The van der Waals surface area contributed by atoms with E-state index < -0.39 is 0 Å². The molecule has 19 heavy (non-hydrogen) atoms. The predicted octanol–water partition coefficient (Wildman–Crippen LogP) is 2.62. The van der Waals surface area contributed by atoms with Crippen LogP contribution in [0.15, 0.2) is 30.7 Å². The Balaban J connectivity index is 2.08. The van der Waals surface area contributed by atoms with Crippen molar-refractivity contribution in [3.8, 4) is 5.88 Å². The molecule has 0 aromatic carbocycles. The van der Waals surface area contributed by atoms with Crippen LogP contribution >= 0.6 is 0 Å². The summed E-state index contributed by atoms with van der Waals surface area (Å²) in [5.74, 6) is 1.83. The number of methoxy groups -OCH3 is 1. The molecule has 0 spiro atoms. The van der Waals surface area contributed by atoms with Gasteiger partial charge in [-0.1, -0.05) is 19.9 Å². The lowest BCUT2D eigenvalue weighted by molar-refractivity contribution is 0.393. The Hall–Kier alpha value is -2.17. The van der Waals surface area contributed by atoms with Crippen LogP contribution in [0.4, 0.5) is 5.82 Å². The van der Waals surface area contributed by atoms with Gasteiger partial charge in [0.05, 0.1) is 7.11 Å². The van der Waals surface area contributed by atoms with Crippen LogP contribution in [0.1, 0.15) is 31.0 Å². The van der Waals surface area contributed by atoms with Crippen molar-refractivity contribution >= 4 is 5.82 Å². The normalized spacial score (nSPS) is 10.5. The standard InChI is InChI=1S/C14H18N4O/c1-10(2)12-7-13(18-9-17-12)16-8-11-5-4-6-15-14(11)19-3/h4-7,9-10H,8H2,1-3H3,(H,16,17,18). The summed E-state index contributed by atoms with van der Waals surface area (Å²) in [5.41, 5.74) is 2.02. The van der Waals surface area contributed by atoms with Gasteiger partial charge in [-0.25, -0.2) is 15.0 Å². The molecular weight excluding hydrogens is 240 g/mol. The molecule has 0 unspecified atom stereocenters. The van der Waals surface area contributed by atoms with E-state index in [9.17, 15) is 0 Å². The number of pyridine rings is 1. The van der Waals surface area contributed by atoms with Crippen LogP contribution in [0.2, 0.25) is 0 Å². The molecule has 0 saturated heterocycles. The van der Waals surface area contributed by atoms with Crippen LogP contribution in [0.3, 0.4) is 0 Å². The predicted molar refractivity (Wildman–Crippen MR) is 74.2 cm³/mol. The Bertz CT molecular complexity index is 542. The minimum atomic E-state index is 0.386. The van der Waals surface area contributed by atoms with Gasteiger partial charge in [-0.05, 0) is 12.0 Å². The third-order valence-corrected chi connectivity index (χ3v) is 2.78. The molecule has 100 valence electrons. The largest absolute Gasteiger partial charge is 0.481 e. The molecule has 5 heteroatoms. The van der Waals surface area contributed by atoms with Gasteiger partial charge in [0.15, 0.2) is 0 Å². The summed E-state index contributed by atoms with van der Waals surface area (Å²) in [6, 6.07) is 5.83. The highest BCUT2D eigenvalue weighted by atomic mass is 16.5. The van der Waals surface area contributed by atoms with Crippen LogP contribution in [-0.4, -0.2) is 22.1 Å². The zero-order chi connectivity index (χ0) is 13.7. The monoisotopic (exact) mass is 258 g/mol. The number of aromatic nitrogens is 3. The molecule has 0 aliphatic carbocycles. The SMILES string of the molecule is COc1ncccc1CNc1cc(C(C)C)ncn1. The van der Waals surface area contributed by atoms with Gasteiger partial charge in [-0.15, -0.1) is 0 Å². The smallest absolute Gasteiger partial charge is 0.218 e. The van der Waals surface area contributed by atoms with E-state index in [1.54, 1.807) is 19.6 Å². The minimum absolute atomic E-state index is 0.386. The number of rotatable bonds is 5. The molecule has 0 atom stereocenters. The van der Waals surface area contributed by atoms with Gasteiger partial charge in [-0.3, -0.25) is 0 Å². The third-order valence-electron chi connectivity index (χ3n) is 2.78. The quantitative estimate of drug-likeness (QED) is 0.893. The summed E-state index contributed by atoms with van der Waals surface area (Å²) in [6.07, 6.45) is 3.29. The Morgan fingerprint density at radius 3 is 2.84 bits per heavy atom. The van der Waals surface area contributed by atoms with Crippen molar-refractivity contribution < 1.29 is 4.74 Å². The molecule has 2 heterocycles. The number of nitrogens with one attached hydrogen (secondary N) is 1. The number of ether oxygens (including phenoxy) is 1. The van der Waals surface area contributed by atoms with Crippen LogP contribution in [-0.2, 0) is 6.54 Å². The highest BCUT2D eigenvalue weighted by molar-refractivity contribution is 5.38. The lowest BCUT2D eigenvalue weighted by Crippen LogP contribution is -2.05. The first-order valence-electron chi connectivity index (χ1n) is 6.24. The third kappa shape index (κ3) is 3.40. The number of anilines is 1. The first-order valence-corrected chi connectivity index (χ1v) is 6.24. The van der Waals surface area contributed by atoms with E-state index in [4.69, 9.17) is 4.74 Å². The molecule has 0 radical (unpaired) electrons. The maximum absolute atomic E-state index is 5.21. The van der Waals surface area contributed by atoms with Gasteiger partial charge in [0, 0.05) is 30.1 Å². The Morgan fingerprint density at radius 1 is 1.26 bits per heavy atom. The molecule has 5 nitrogen and oxygen atoms in total. The van der Waals surface area contributed by atoms with E-state index in [-0.39, 0.29) is 0 Å². The highest BCUT2D eigenvalue weighted by Gasteiger charge is 2.05. The van der Waals surface area contributed by atoms with E-state index in [2.05, 4.69) is 34.1 Å². The maximum Gasteiger partial charge on any atom is 0.218 e. The van der Waals surface area contributed by atoms with Gasteiger partial charge < -0.3 is 10.1 Å². The first-order chi connectivity index (χ1) is 9.20. The van der Waals surface area contributed by atoms with E-state index >= 15 is 0 Å². The lowest BCUT2D eigenvalue weighted by atomic mass is 10.1. The van der Waals surface area contributed by atoms with Crippen molar-refractivity contribution in [3.05, 3.63) is 42.0 Å². The molecular formula is C14H18N4O. The zero-order valence-corrected chi connectivity index (χ0v) is 11.4. The van der Waals surface area contributed by atoms with Gasteiger partial charge in [-0.2, -0.15) is 0 Å². The van der Waals surface area contributed by atoms with Gasteiger partial charge in [0.1, 0.15) is 12.1 Å². The molecule has 0 aliphatic heterocycles.